The quantitative estimate of drug-likeness (QED) is 0.594. The van der Waals surface area contributed by atoms with Crippen LogP contribution >= 0.6 is 23.5 Å². The molecule has 0 heterocycles. The minimum atomic E-state index is 0.0117. The van der Waals surface area contributed by atoms with Gasteiger partial charge in [0.2, 0.25) is 0 Å². The Morgan fingerprint density at radius 2 is 2.00 bits per heavy atom. The van der Waals surface area contributed by atoms with E-state index in [0.29, 0.717) is 11.3 Å². The fourth-order valence-corrected chi connectivity index (χ4v) is 2.28. The van der Waals surface area contributed by atoms with Crippen molar-refractivity contribution in [3.63, 3.8) is 0 Å². The summed E-state index contributed by atoms with van der Waals surface area (Å²) in [5, 5.41) is 0. The molecule has 1 aromatic carbocycles. The van der Waals surface area contributed by atoms with Gasteiger partial charge >= 0.3 is 0 Å². The lowest BCUT2D eigenvalue weighted by Crippen LogP contribution is -1.95. The van der Waals surface area contributed by atoms with Gasteiger partial charge in [0, 0.05) is 15.9 Å². The molecule has 0 aliphatic rings. The van der Waals surface area contributed by atoms with E-state index in [9.17, 15) is 4.79 Å². The van der Waals surface area contributed by atoms with Crippen molar-refractivity contribution in [2.24, 2.45) is 0 Å². The monoisotopic (exact) mass is 254 g/mol. The van der Waals surface area contributed by atoms with Gasteiger partial charge in [-0.2, -0.15) is 0 Å². The fourth-order valence-electron chi connectivity index (χ4n) is 1.17. The molecule has 0 saturated heterocycles. The lowest BCUT2D eigenvalue weighted by atomic mass is 10.1. The van der Waals surface area contributed by atoms with Gasteiger partial charge in [0.25, 0.3) is 0 Å². The van der Waals surface area contributed by atoms with Crippen molar-refractivity contribution in [2.75, 3.05) is 19.6 Å². The number of benzene rings is 1. The first-order valence-corrected chi connectivity index (χ1v) is 7.14. The van der Waals surface area contributed by atoms with Crippen LogP contribution in [0.3, 0.4) is 0 Å². The van der Waals surface area contributed by atoms with E-state index in [1.807, 2.05) is 24.6 Å². The molecule has 0 fully saturated rings. The fraction of sp³-hybridized carbons (Fsp3) is 0.250. The van der Waals surface area contributed by atoms with Crippen LogP contribution in [0.1, 0.15) is 10.4 Å². The largest absolute Gasteiger partial charge is 0.497 e. The van der Waals surface area contributed by atoms with Crippen LogP contribution in [-0.4, -0.2) is 25.4 Å². The lowest BCUT2D eigenvalue weighted by molar-refractivity contribution is 0.104. The highest BCUT2D eigenvalue weighted by Gasteiger charge is 2.05. The maximum Gasteiger partial charge on any atom is 0.187 e. The second-order valence-corrected chi connectivity index (χ2v) is 4.92. The Balaban J connectivity index is 2.91. The van der Waals surface area contributed by atoms with E-state index in [1.165, 1.54) is 0 Å². The van der Waals surface area contributed by atoms with Crippen molar-refractivity contribution in [2.45, 2.75) is 0 Å². The number of carbonyl (C=O) groups is 1. The molecule has 1 aromatic rings. The van der Waals surface area contributed by atoms with Gasteiger partial charge in [-0.1, -0.05) is 12.1 Å². The van der Waals surface area contributed by atoms with Crippen molar-refractivity contribution in [1.29, 1.82) is 0 Å². The summed E-state index contributed by atoms with van der Waals surface area (Å²) in [5.74, 6) is 0.715. The van der Waals surface area contributed by atoms with Gasteiger partial charge in [0.05, 0.1) is 7.11 Å². The van der Waals surface area contributed by atoms with E-state index >= 15 is 0 Å². The molecule has 0 aliphatic carbocycles. The van der Waals surface area contributed by atoms with Crippen molar-refractivity contribution in [1.82, 2.24) is 0 Å². The summed E-state index contributed by atoms with van der Waals surface area (Å²) in [5.41, 5.74) is 0.653. The number of thioether (sulfide) groups is 2. The topological polar surface area (TPSA) is 26.3 Å². The van der Waals surface area contributed by atoms with E-state index in [2.05, 4.69) is 0 Å². The summed E-state index contributed by atoms with van der Waals surface area (Å²) in [6.07, 6.45) is 5.58. The highest BCUT2D eigenvalue weighted by atomic mass is 32.2. The van der Waals surface area contributed by atoms with Gasteiger partial charge in [-0.15, -0.1) is 23.5 Å². The van der Waals surface area contributed by atoms with E-state index in [4.69, 9.17) is 4.74 Å². The molecule has 0 aromatic heterocycles. The first-order valence-electron chi connectivity index (χ1n) is 4.69. The van der Waals surface area contributed by atoms with E-state index < -0.39 is 0 Å². The molecule has 0 saturated carbocycles. The third kappa shape index (κ3) is 3.61. The number of methoxy groups -OCH3 is 1. The molecular formula is C12H14O2S2. The Hall–Kier alpha value is -0.870. The van der Waals surface area contributed by atoms with Crippen LogP contribution in [0.15, 0.2) is 34.6 Å². The number of rotatable bonds is 5. The van der Waals surface area contributed by atoms with Crippen molar-refractivity contribution in [3.8, 4) is 5.75 Å². The number of carbonyl (C=O) groups excluding carboxylic acids is 1. The van der Waals surface area contributed by atoms with Gasteiger partial charge in [-0.05, 0) is 24.6 Å². The molecule has 86 valence electrons. The highest BCUT2D eigenvalue weighted by Crippen LogP contribution is 2.24. The van der Waals surface area contributed by atoms with E-state index in [0.717, 1.165) is 4.24 Å². The first kappa shape index (κ1) is 13.2. The minimum absolute atomic E-state index is 0.0117. The SMILES string of the molecule is COc1cccc(C(=O)C=C(SC)SC)c1. The number of hydrogen-bond acceptors (Lipinski definition) is 4. The van der Waals surface area contributed by atoms with Crippen LogP contribution < -0.4 is 4.74 Å². The summed E-state index contributed by atoms with van der Waals surface area (Å²) >= 11 is 3.15. The number of ether oxygens (including phenoxy) is 1. The molecule has 2 nitrogen and oxygen atoms in total. The van der Waals surface area contributed by atoms with Crippen LogP contribution in [0, 0.1) is 0 Å². The molecule has 16 heavy (non-hydrogen) atoms. The van der Waals surface area contributed by atoms with Gasteiger partial charge in [-0.3, -0.25) is 4.79 Å². The summed E-state index contributed by atoms with van der Waals surface area (Å²) in [7, 11) is 1.59. The molecule has 0 radical (unpaired) electrons. The summed E-state index contributed by atoms with van der Waals surface area (Å²) in [6.45, 7) is 0. The first-order chi connectivity index (χ1) is 7.71. The molecule has 0 bridgehead atoms. The van der Waals surface area contributed by atoms with Crippen molar-refractivity contribution < 1.29 is 9.53 Å². The molecule has 0 N–H and O–H groups in total. The second kappa shape index (κ2) is 6.66. The summed E-state index contributed by atoms with van der Waals surface area (Å²) in [6, 6.07) is 7.18. The summed E-state index contributed by atoms with van der Waals surface area (Å²) < 4.78 is 6.09. The molecule has 0 atom stereocenters. The van der Waals surface area contributed by atoms with Crippen molar-refractivity contribution in [3.05, 3.63) is 40.1 Å². The van der Waals surface area contributed by atoms with Gasteiger partial charge < -0.3 is 4.74 Å². The second-order valence-electron chi connectivity index (χ2n) is 2.97. The Bertz CT molecular complexity index is 394. The Labute approximate surface area is 104 Å². The third-order valence-electron chi connectivity index (χ3n) is 2.01. The third-order valence-corrected chi connectivity index (χ3v) is 4.05. The zero-order valence-corrected chi connectivity index (χ0v) is 11.2. The number of allylic oxidation sites excluding steroid dienone is 1. The molecular weight excluding hydrogens is 240 g/mol. The predicted molar refractivity (Wildman–Crippen MR) is 72.4 cm³/mol. The van der Waals surface area contributed by atoms with E-state index in [-0.39, 0.29) is 5.78 Å². The van der Waals surface area contributed by atoms with Gasteiger partial charge in [0.1, 0.15) is 5.75 Å². The average Bonchev–Trinajstić information content (AvgIpc) is 2.35. The smallest absolute Gasteiger partial charge is 0.187 e. The molecule has 0 amide bonds. The summed E-state index contributed by atoms with van der Waals surface area (Å²) in [4.78, 5) is 11.9. The van der Waals surface area contributed by atoms with E-state index in [1.54, 1.807) is 48.8 Å². The predicted octanol–water partition coefficient (Wildman–Crippen LogP) is 3.45. The zero-order valence-electron chi connectivity index (χ0n) is 9.52. The Morgan fingerprint density at radius 3 is 2.56 bits per heavy atom. The maximum atomic E-state index is 11.9. The van der Waals surface area contributed by atoms with Gasteiger partial charge in [-0.25, -0.2) is 0 Å². The highest BCUT2D eigenvalue weighted by molar-refractivity contribution is 8.21. The molecule has 4 heteroatoms. The van der Waals surface area contributed by atoms with Gasteiger partial charge in [0.15, 0.2) is 5.78 Å². The molecule has 0 unspecified atom stereocenters. The van der Waals surface area contributed by atoms with Crippen LogP contribution in [0.4, 0.5) is 0 Å². The Morgan fingerprint density at radius 1 is 1.31 bits per heavy atom. The molecule has 1 rings (SSSR count). The molecule has 0 aliphatic heterocycles. The zero-order chi connectivity index (χ0) is 12.0. The standard InChI is InChI=1S/C12H14O2S2/c1-14-10-6-4-5-9(7-10)11(13)8-12(15-2)16-3/h4-8H,1-3H3. The number of hydrogen-bond donors (Lipinski definition) is 0. The molecule has 0 spiro atoms. The van der Waals surface area contributed by atoms with Crippen LogP contribution in [-0.2, 0) is 0 Å². The van der Waals surface area contributed by atoms with Crippen LogP contribution in [0.2, 0.25) is 0 Å². The lowest BCUT2D eigenvalue weighted by Gasteiger charge is -2.02. The average molecular weight is 254 g/mol. The van der Waals surface area contributed by atoms with Crippen LogP contribution in [0.25, 0.3) is 0 Å². The normalized spacial score (nSPS) is 9.69. The number of ketones is 1. The minimum Gasteiger partial charge on any atom is -0.497 e. The van der Waals surface area contributed by atoms with Crippen LogP contribution in [0.5, 0.6) is 5.75 Å². The Kier molecular flexibility index (Phi) is 5.49. The maximum absolute atomic E-state index is 11.9. The van der Waals surface area contributed by atoms with Crippen molar-refractivity contribution >= 4 is 29.3 Å².